The van der Waals surface area contributed by atoms with Crippen molar-refractivity contribution < 1.29 is 14.2 Å². The molecule has 0 saturated carbocycles. The number of ether oxygens (including phenoxy) is 3. The molecule has 1 N–H and O–H groups in total. The number of morpholine rings is 2. The first-order chi connectivity index (χ1) is 11.0. The van der Waals surface area contributed by atoms with Crippen LogP contribution in [0, 0.1) is 0 Å². The van der Waals surface area contributed by atoms with E-state index in [0.29, 0.717) is 13.2 Å². The Morgan fingerprint density at radius 2 is 2.17 bits per heavy atom. The van der Waals surface area contributed by atoms with Gasteiger partial charge >= 0.3 is 0 Å². The quantitative estimate of drug-likeness (QED) is 0.567. The van der Waals surface area contributed by atoms with E-state index in [1.54, 1.807) is 7.11 Å². The van der Waals surface area contributed by atoms with Crippen molar-refractivity contribution in [2.75, 3.05) is 73.2 Å². The highest BCUT2D eigenvalue weighted by Gasteiger charge is 2.27. The summed E-state index contributed by atoms with van der Waals surface area (Å²) >= 11 is 0. The van der Waals surface area contributed by atoms with Gasteiger partial charge in [0.1, 0.15) is 0 Å². The van der Waals surface area contributed by atoms with Crippen LogP contribution in [-0.4, -0.2) is 101 Å². The minimum Gasteiger partial charge on any atom is -0.382 e. The normalized spacial score (nSPS) is 26.3. The van der Waals surface area contributed by atoms with Crippen LogP contribution < -0.4 is 5.32 Å². The molecule has 0 aliphatic carbocycles. The summed E-state index contributed by atoms with van der Waals surface area (Å²) in [5, 5.41) is 3.47. The maximum Gasteiger partial charge on any atom is 0.193 e. The third kappa shape index (κ3) is 5.91. The Balaban J connectivity index is 1.74. The molecule has 1 unspecified atom stereocenters. The van der Waals surface area contributed by atoms with Gasteiger partial charge in [-0.1, -0.05) is 0 Å². The van der Waals surface area contributed by atoms with Crippen LogP contribution in [0.15, 0.2) is 4.99 Å². The zero-order valence-corrected chi connectivity index (χ0v) is 15.0. The highest BCUT2D eigenvalue weighted by atomic mass is 16.5. The van der Waals surface area contributed by atoms with E-state index in [1.807, 2.05) is 7.05 Å². The van der Waals surface area contributed by atoms with Gasteiger partial charge in [0.2, 0.25) is 0 Å². The summed E-state index contributed by atoms with van der Waals surface area (Å²) in [7, 11) is 3.54. The molecular weight excluding hydrogens is 296 g/mol. The molecule has 0 spiro atoms. The van der Waals surface area contributed by atoms with Crippen molar-refractivity contribution in [2.24, 2.45) is 4.99 Å². The highest BCUT2D eigenvalue weighted by Crippen LogP contribution is 2.15. The van der Waals surface area contributed by atoms with Crippen molar-refractivity contribution in [3.8, 4) is 0 Å². The number of hydrogen-bond donors (Lipinski definition) is 1. The monoisotopic (exact) mass is 328 g/mol. The lowest BCUT2D eigenvalue weighted by molar-refractivity contribution is -0.0853. The Labute approximate surface area is 140 Å². The first kappa shape index (κ1) is 18.4. The summed E-state index contributed by atoms with van der Waals surface area (Å²) in [5.41, 5.74) is -0.0441. The number of aliphatic imine (C=N–C) groups is 1. The predicted molar refractivity (Wildman–Crippen MR) is 91.0 cm³/mol. The summed E-state index contributed by atoms with van der Waals surface area (Å²) < 4.78 is 16.6. The summed E-state index contributed by atoms with van der Waals surface area (Å²) in [4.78, 5) is 9.10. The molecule has 0 aromatic heterocycles. The third-order valence-corrected chi connectivity index (χ3v) is 4.22. The zero-order chi connectivity index (χ0) is 16.7. The molecule has 23 heavy (non-hydrogen) atoms. The molecule has 2 aliphatic heterocycles. The molecule has 0 amide bonds. The van der Waals surface area contributed by atoms with Crippen LogP contribution in [0.3, 0.4) is 0 Å². The van der Waals surface area contributed by atoms with E-state index in [4.69, 9.17) is 14.2 Å². The molecule has 0 radical (unpaired) electrons. The second-order valence-corrected chi connectivity index (χ2v) is 6.75. The Morgan fingerprint density at radius 1 is 1.35 bits per heavy atom. The lowest BCUT2D eigenvalue weighted by Gasteiger charge is -2.38. The van der Waals surface area contributed by atoms with Gasteiger partial charge in [-0.3, -0.25) is 9.89 Å². The minimum atomic E-state index is -0.0441. The Hall–Kier alpha value is -0.890. The zero-order valence-electron chi connectivity index (χ0n) is 15.0. The smallest absolute Gasteiger partial charge is 0.193 e. The minimum absolute atomic E-state index is 0.0441. The molecule has 2 fully saturated rings. The van der Waals surface area contributed by atoms with Crippen molar-refractivity contribution in [1.82, 2.24) is 15.1 Å². The van der Waals surface area contributed by atoms with Crippen LogP contribution in [-0.2, 0) is 14.2 Å². The molecule has 0 aromatic carbocycles. The van der Waals surface area contributed by atoms with Gasteiger partial charge in [-0.05, 0) is 13.8 Å². The van der Waals surface area contributed by atoms with Gasteiger partial charge in [-0.2, -0.15) is 0 Å². The summed E-state index contributed by atoms with van der Waals surface area (Å²) in [6.45, 7) is 12.0. The van der Waals surface area contributed by atoms with Crippen molar-refractivity contribution in [2.45, 2.75) is 25.6 Å². The van der Waals surface area contributed by atoms with Crippen LogP contribution in [0.25, 0.3) is 0 Å². The van der Waals surface area contributed by atoms with E-state index >= 15 is 0 Å². The van der Waals surface area contributed by atoms with Crippen LogP contribution in [0.2, 0.25) is 0 Å². The van der Waals surface area contributed by atoms with E-state index in [0.717, 1.165) is 51.8 Å². The van der Waals surface area contributed by atoms with Crippen molar-refractivity contribution in [3.05, 3.63) is 0 Å². The average molecular weight is 328 g/mol. The Kier molecular flexibility index (Phi) is 7.08. The standard InChI is InChI=1S/C16H32N4O3/c1-16(2)13-19(7-10-23-16)6-5-18-15(17-3)20-8-9-22-14(11-20)12-21-4/h14H,5-13H2,1-4H3,(H,17,18). The molecule has 1 atom stereocenters. The highest BCUT2D eigenvalue weighted by molar-refractivity contribution is 5.80. The molecule has 2 rings (SSSR count). The van der Waals surface area contributed by atoms with Gasteiger partial charge in [0.25, 0.3) is 0 Å². The number of hydrogen-bond acceptors (Lipinski definition) is 5. The van der Waals surface area contributed by atoms with Crippen molar-refractivity contribution in [1.29, 1.82) is 0 Å². The van der Waals surface area contributed by atoms with Gasteiger partial charge in [-0.25, -0.2) is 0 Å². The first-order valence-corrected chi connectivity index (χ1v) is 8.46. The molecule has 2 saturated heterocycles. The molecule has 0 aromatic rings. The summed E-state index contributed by atoms with van der Waals surface area (Å²) in [5.74, 6) is 0.946. The summed E-state index contributed by atoms with van der Waals surface area (Å²) in [6, 6.07) is 0. The van der Waals surface area contributed by atoms with Gasteiger partial charge in [0, 0.05) is 53.4 Å². The van der Waals surface area contributed by atoms with Crippen LogP contribution in [0.4, 0.5) is 0 Å². The number of nitrogens with one attached hydrogen (secondary N) is 1. The fraction of sp³-hybridized carbons (Fsp3) is 0.938. The maximum absolute atomic E-state index is 5.75. The molecule has 2 heterocycles. The fourth-order valence-electron chi connectivity index (χ4n) is 3.16. The Morgan fingerprint density at radius 3 is 2.87 bits per heavy atom. The maximum atomic E-state index is 5.75. The van der Waals surface area contributed by atoms with Crippen molar-refractivity contribution in [3.63, 3.8) is 0 Å². The van der Waals surface area contributed by atoms with Gasteiger partial charge in [-0.15, -0.1) is 0 Å². The number of guanidine groups is 1. The molecule has 0 bridgehead atoms. The van der Waals surface area contributed by atoms with Crippen LogP contribution >= 0.6 is 0 Å². The topological polar surface area (TPSA) is 58.6 Å². The van der Waals surface area contributed by atoms with E-state index in [-0.39, 0.29) is 11.7 Å². The molecule has 134 valence electrons. The first-order valence-electron chi connectivity index (χ1n) is 8.46. The largest absolute Gasteiger partial charge is 0.382 e. The number of methoxy groups -OCH3 is 1. The lowest BCUT2D eigenvalue weighted by atomic mass is 10.1. The van der Waals surface area contributed by atoms with E-state index in [1.165, 1.54) is 0 Å². The number of rotatable bonds is 5. The van der Waals surface area contributed by atoms with Crippen LogP contribution in [0.5, 0.6) is 0 Å². The lowest BCUT2D eigenvalue weighted by Crippen LogP contribution is -2.53. The Bertz CT molecular complexity index is 388. The second-order valence-electron chi connectivity index (χ2n) is 6.75. The predicted octanol–water partition coefficient (Wildman–Crippen LogP) is 0.0198. The molecule has 7 nitrogen and oxygen atoms in total. The second kappa shape index (κ2) is 8.82. The van der Waals surface area contributed by atoms with E-state index < -0.39 is 0 Å². The number of nitrogens with zero attached hydrogens (tertiary/aromatic N) is 3. The molecular formula is C16H32N4O3. The van der Waals surface area contributed by atoms with Crippen molar-refractivity contribution >= 4 is 5.96 Å². The summed E-state index contributed by atoms with van der Waals surface area (Å²) in [6.07, 6.45) is 0.118. The SMILES string of the molecule is CN=C(NCCN1CCOC(C)(C)C1)N1CCOC(COC)C1. The molecule has 2 aliphatic rings. The van der Waals surface area contributed by atoms with E-state index in [9.17, 15) is 0 Å². The van der Waals surface area contributed by atoms with Gasteiger partial charge in [0.05, 0.1) is 31.5 Å². The van der Waals surface area contributed by atoms with Gasteiger partial charge in [0.15, 0.2) is 5.96 Å². The molecule has 7 heteroatoms. The third-order valence-electron chi connectivity index (χ3n) is 4.22. The van der Waals surface area contributed by atoms with E-state index in [2.05, 4.69) is 34.0 Å². The van der Waals surface area contributed by atoms with Crippen LogP contribution in [0.1, 0.15) is 13.8 Å². The average Bonchev–Trinajstić information content (AvgIpc) is 2.51. The fourth-order valence-corrected chi connectivity index (χ4v) is 3.16. The van der Waals surface area contributed by atoms with Gasteiger partial charge < -0.3 is 24.4 Å².